The number of benzene rings is 2. The molecule has 0 saturated heterocycles. The van der Waals surface area contributed by atoms with E-state index < -0.39 is 4.92 Å². The molecule has 1 amide bonds. The van der Waals surface area contributed by atoms with Crippen LogP contribution < -0.4 is 10.1 Å². The monoisotopic (exact) mass is 368 g/mol. The Morgan fingerprint density at radius 1 is 1.26 bits per heavy atom. The van der Waals surface area contributed by atoms with Gasteiger partial charge < -0.3 is 14.6 Å². The van der Waals surface area contributed by atoms with Crippen molar-refractivity contribution in [1.82, 2.24) is 10.1 Å². The highest BCUT2D eigenvalue weighted by Crippen LogP contribution is 2.21. The average molecular weight is 368 g/mol. The van der Waals surface area contributed by atoms with Gasteiger partial charge in [0, 0.05) is 36.2 Å². The molecule has 0 radical (unpaired) electrons. The minimum Gasteiger partial charge on any atom is -0.497 e. The van der Waals surface area contributed by atoms with Crippen LogP contribution in [-0.2, 0) is 11.2 Å². The van der Waals surface area contributed by atoms with Crippen molar-refractivity contribution in [3.05, 3.63) is 64.5 Å². The van der Waals surface area contributed by atoms with Crippen molar-refractivity contribution in [3.8, 4) is 17.1 Å². The van der Waals surface area contributed by atoms with Crippen LogP contribution in [0.25, 0.3) is 11.4 Å². The predicted octanol–water partition coefficient (Wildman–Crippen LogP) is 3.22. The smallest absolute Gasteiger partial charge is 0.269 e. The second-order valence-corrected chi connectivity index (χ2v) is 5.60. The van der Waals surface area contributed by atoms with Crippen molar-refractivity contribution in [1.29, 1.82) is 0 Å². The largest absolute Gasteiger partial charge is 0.497 e. The van der Waals surface area contributed by atoms with Gasteiger partial charge in [-0.25, -0.2) is 0 Å². The molecule has 1 aromatic heterocycles. The number of nitrogens with one attached hydrogen (secondary N) is 1. The number of nitro groups is 1. The van der Waals surface area contributed by atoms with Crippen molar-refractivity contribution in [2.24, 2.45) is 0 Å². The molecule has 3 rings (SSSR count). The molecule has 0 aliphatic carbocycles. The summed E-state index contributed by atoms with van der Waals surface area (Å²) in [6.45, 7) is 0. The zero-order valence-corrected chi connectivity index (χ0v) is 14.4. The molecule has 2 aromatic carbocycles. The summed E-state index contributed by atoms with van der Waals surface area (Å²) >= 11 is 0. The molecule has 9 heteroatoms. The van der Waals surface area contributed by atoms with Gasteiger partial charge in [0.1, 0.15) is 5.75 Å². The van der Waals surface area contributed by atoms with Crippen LogP contribution in [0.4, 0.5) is 11.4 Å². The van der Waals surface area contributed by atoms with Crippen LogP contribution in [0.5, 0.6) is 5.75 Å². The first-order valence-electron chi connectivity index (χ1n) is 8.06. The number of methoxy groups -OCH3 is 1. The Labute approximate surface area is 154 Å². The van der Waals surface area contributed by atoms with Crippen LogP contribution in [0.1, 0.15) is 12.3 Å². The number of carbonyl (C=O) groups is 1. The van der Waals surface area contributed by atoms with Crippen LogP contribution >= 0.6 is 0 Å². The average Bonchev–Trinajstić information content (AvgIpc) is 3.16. The summed E-state index contributed by atoms with van der Waals surface area (Å²) in [4.78, 5) is 26.4. The quantitative estimate of drug-likeness (QED) is 0.502. The number of non-ortho nitro benzene ring substituents is 1. The van der Waals surface area contributed by atoms with E-state index in [1.807, 2.05) is 18.2 Å². The second-order valence-electron chi connectivity index (χ2n) is 5.60. The molecule has 9 nitrogen and oxygen atoms in total. The molecule has 138 valence electrons. The highest BCUT2D eigenvalue weighted by atomic mass is 16.6. The van der Waals surface area contributed by atoms with Gasteiger partial charge in [-0.1, -0.05) is 17.3 Å². The lowest BCUT2D eigenvalue weighted by Crippen LogP contribution is -2.12. The molecule has 0 unspecified atom stereocenters. The summed E-state index contributed by atoms with van der Waals surface area (Å²) in [6.07, 6.45) is 0.409. The maximum absolute atomic E-state index is 12.0. The zero-order valence-electron chi connectivity index (χ0n) is 14.4. The Morgan fingerprint density at radius 2 is 2.04 bits per heavy atom. The van der Waals surface area contributed by atoms with E-state index >= 15 is 0 Å². The van der Waals surface area contributed by atoms with Crippen LogP contribution in [0.15, 0.2) is 53.1 Å². The van der Waals surface area contributed by atoms with E-state index in [-0.39, 0.29) is 24.4 Å². The number of amides is 1. The lowest BCUT2D eigenvalue weighted by molar-refractivity contribution is -0.384. The van der Waals surface area contributed by atoms with Gasteiger partial charge in [-0.2, -0.15) is 4.98 Å². The number of nitrogens with zero attached hydrogens (tertiary/aromatic N) is 3. The Morgan fingerprint density at radius 3 is 2.74 bits per heavy atom. The van der Waals surface area contributed by atoms with Gasteiger partial charge in [-0.3, -0.25) is 14.9 Å². The minimum absolute atomic E-state index is 0.0380. The molecule has 0 fully saturated rings. The molecule has 0 aliphatic rings. The fraction of sp³-hybridized carbons (Fsp3) is 0.167. The molecular weight excluding hydrogens is 352 g/mol. The third-order valence-electron chi connectivity index (χ3n) is 3.72. The minimum atomic E-state index is -0.499. The summed E-state index contributed by atoms with van der Waals surface area (Å²) in [6, 6.07) is 12.9. The van der Waals surface area contributed by atoms with Crippen LogP contribution in [0.3, 0.4) is 0 Å². The van der Waals surface area contributed by atoms with E-state index in [0.717, 1.165) is 5.56 Å². The van der Waals surface area contributed by atoms with Gasteiger partial charge in [0.2, 0.25) is 17.6 Å². The second kappa shape index (κ2) is 8.09. The molecule has 0 aliphatic heterocycles. The molecular formula is C18H16N4O5. The number of hydrogen-bond acceptors (Lipinski definition) is 7. The van der Waals surface area contributed by atoms with E-state index in [1.54, 1.807) is 13.2 Å². The fourth-order valence-corrected chi connectivity index (χ4v) is 2.35. The van der Waals surface area contributed by atoms with Gasteiger partial charge in [-0.15, -0.1) is 0 Å². The fourth-order valence-electron chi connectivity index (χ4n) is 2.35. The number of rotatable bonds is 7. The normalized spacial score (nSPS) is 10.4. The van der Waals surface area contributed by atoms with Gasteiger partial charge in [0.05, 0.1) is 12.0 Å². The van der Waals surface area contributed by atoms with Gasteiger partial charge >= 0.3 is 0 Å². The third-order valence-corrected chi connectivity index (χ3v) is 3.72. The number of nitro benzene ring substituents is 1. The van der Waals surface area contributed by atoms with Crippen molar-refractivity contribution in [2.45, 2.75) is 12.8 Å². The van der Waals surface area contributed by atoms with Crippen molar-refractivity contribution in [2.75, 3.05) is 12.4 Å². The Balaban J connectivity index is 1.56. The molecule has 3 aromatic rings. The first-order valence-corrected chi connectivity index (χ1v) is 8.06. The number of anilines is 1. The standard InChI is InChI=1S/C18H16N4O5/c1-26-15-4-2-3-12(11-15)18-20-17(27-21-18)10-9-16(23)19-13-5-7-14(8-6-13)22(24)25/h2-8,11H,9-10H2,1H3,(H,19,23). The lowest BCUT2D eigenvalue weighted by atomic mass is 10.2. The first kappa shape index (κ1) is 18.1. The number of aryl methyl sites for hydroxylation is 1. The number of hydrogen-bond donors (Lipinski definition) is 1. The Kier molecular flexibility index (Phi) is 5.41. The van der Waals surface area contributed by atoms with E-state index in [9.17, 15) is 14.9 Å². The summed E-state index contributed by atoms with van der Waals surface area (Å²) in [5, 5.41) is 17.2. The van der Waals surface area contributed by atoms with Crippen LogP contribution in [0, 0.1) is 10.1 Å². The van der Waals surface area contributed by atoms with E-state index in [2.05, 4.69) is 15.5 Å². The molecule has 0 spiro atoms. The molecule has 0 atom stereocenters. The zero-order chi connectivity index (χ0) is 19.2. The highest BCUT2D eigenvalue weighted by molar-refractivity contribution is 5.90. The van der Waals surface area contributed by atoms with Crippen molar-refractivity contribution < 1.29 is 19.0 Å². The lowest BCUT2D eigenvalue weighted by Gasteiger charge is -2.03. The van der Waals surface area contributed by atoms with E-state index in [1.165, 1.54) is 24.3 Å². The first-order chi connectivity index (χ1) is 13.0. The molecule has 1 heterocycles. The van der Waals surface area contributed by atoms with Crippen molar-refractivity contribution >= 4 is 17.3 Å². The number of aromatic nitrogens is 2. The molecule has 0 saturated carbocycles. The van der Waals surface area contributed by atoms with Gasteiger partial charge in [0.15, 0.2) is 0 Å². The predicted molar refractivity (Wildman–Crippen MR) is 96.3 cm³/mol. The summed E-state index contributed by atoms with van der Waals surface area (Å²) in [7, 11) is 1.57. The molecule has 1 N–H and O–H groups in total. The summed E-state index contributed by atoms with van der Waals surface area (Å²) in [5.41, 5.74) is 1.19. The Bertz CT molecular complexity index is 952. The number of carbonyl (C=O) groups excluding carboxylic acids is 1. The van der Waals surface area contributed by atoms with E-state index in [0.29, 0.717) is 23.2 Å². The number of ether oxygens (including phenoxy) is 1. The molecule has 27 heavy (non-hydrogen) atoms. The van der Waals surface area contributed by atoms with E-state index in [4.69, 9.17) is 9.26 Å². The van der Waals surface area contributed by atoms with Crippen LogP contribution in [-0.4, -0.2) is 28.1 Å². The van der Waals surface area contributed by atoms with Gasteiger partial charge in [-0.05, 0) is 24.3 Å². The Hall–Kier alpha value is -3.75. The highest BCUT2D eigenvalue weighted by Gasteiger charge is 2.12. The molecule has 0 bridgehead atoms. The topological polar surface area (TPSA) is 120 Å². The van der Waals surface area contributed by atoms with Crippen molar-refractivity contribution in [3.63, 3.8) is 0 Å². The van der Waals surface area contributed by atoms with Gasteiger partial charge in [0.25, 0.3) is 5.69 Å². The summed E-state index contributed by atoms with van der Waals surface area (Å²) < 4.78 is 10.3. The summed E-state index contributed by atoms with van der Waals surface area (Å²) in [5.74, 6) is 1.18. The maximum Gasteiger partial charge on any atom is 0.269 e. The van der Waals surface area contributed by atoms with Crippen LogP contribution in [0.2, 0.25) is 0 Å². The maximum atomic E-state index is 12.0. The SMILES string of the molecule is COc1cccc(-c2noc(CCC(=O)Nc3ccc([N+](=O)[O-])cc3)n2)c1. The third kappa shape index (κ3) is 4.66.